The highest BCUT2D eigenvalue weighted by Gasteiger charge is 2.22. The van der Waals surface area contributed by atoms with Crippen molar-refractivity contribution in [1.29, 1.82) is 0 Å². The highest BCUT2D eigenvalue weighted by atomic mass is 35.5. The second-order valence-electron chi connectivity index (χ2n) is 6.95. The molecule has 2 N–H and O–H groups in total. The molecule has 0 radical (unpaired) electrons. The van der Waals surface area contributed by atoms with Gasteiger partial charge in [-0.3, -0.25) is 9.59 Å². The number of anilines is 1. The molecule has 1 saturated heterocycles. The van der Waals surface area contributed by atoms with Gasteiger partial charge in [0.25, 0.3) is 11.8 Å². The van der Waals surface area contributed by atoms with E-state index < -0.39 is 0 Å². The van der Waals surface area contributed by atoms with Crippen molar-refractivity contribution in [2.45, 2.75) is 18.9 Å². The molecule has 0 saturated carbocycles. The van der Waals surface area contributed by atoms with Crippen molar-refractivity contribution in [2.75, 3.05) is 39.2 Å². The predicted molar refractivity (Wildman–Crippen MR) is 119 cm³/mol. The monoisotopic (exact) mass is 433 g/mol. The van der Waals surface area contributed by atoms with E-state index >= 15 is 0 Å². The molecule has 1 fully saturated rings. The predicted octanol–water partition coefficient (Wildman–Crippen LogP) is 2.96. The third-order valence-electron chi connectivity index (χ3n) is 5.02. The SMILES string of the molecule is CNC1CCN(C(=O)c2ccc(OCC(=O)Nc3cccc(OC)c3)cc2)CC1.Cl. The minimum absolute atomic E-state index is 0. The van der Waals surface area contributed by atoms with Crippen molar-refractivity contribution in [2.24, 2.45) is 0 Å². The molecule has 0 spiro atoms. The lowest BCUT2D eigenvalue weighted by molar-refractivity contribution is -0.118. The molecular formula is C22H28ClN3O4. The van der Waals surface area contributed by atoms with Crippen LogP contribution in [0.15, 0.2) is 48.5 Å². The zero-order valence-electron chi connectivity index (χ0n) is 17.2. The van der Waals surface area contributed by atoms with Gasteiger partial charge in [-0.25, -0.2) is 0 Å². The number of nitrogens with zero attached hydrogens (tertiary/aromatic N) is 1. The molecule has 1 heterocycles. The van der Waals surface area contributed by atoms with Crippen molar-refractivity contribution >= 4 is 29.9 Å². The molecule has 2 aromatic carbocycles. The number of nitrogens with one attached hydrogen (secondary N) is 2. The van der Waals surface area contributed by atoms with Crippen molar-refractivity contribution in [3.05, 3.63) is 54.1 Å². The van der Waals surface area contributed by atoms with E-state index in [4.69, 9.17) is 9.47 Å². The Labute approximate surface area is 183 Å². The molecule has 2 aromatic rings. The number of methoxy groups -OCH3 is 1. The smallest absolute Gasteiger partial charge is 0.262 e. The summed E-state index contributed by atoms with van der Waals surface area (Å²) in [5, 5.41) is 6.02. The molecule has 3 rings (SSSR count). The largest absolute Gasteiger partial charge is 0.497 e. The minimum Gasteiger partial charge on any atom is -0.497 e. The van der Waals surface area contributed by atoms with Crippen LogP contribution in [-0.2, 0) is 4.79 Å². The van der Waals surface area contributed by atoms with Crippen LogP contribution in [0.1, 0.15) is 23.2 Å². The van der Waals surface area contributed by atoms with E-state index in [1.807, 2.05) is 11.9 Å². The summed E-state index contributed by atoms with van der Waals surface area (Å²) in [6, 6.07) is 14.5. The lowest BCUT2D eigenvalue weighted by Gasteiger charge is -2.31. The van der Waals surface area contributed by atoms with Crippen molar-refractivity contribution in [3.63, 3.8) is 0 Å². The molecule has 0 aliphatic carbocycles. The second-order valence-corrected chi connectivity index (χ2v) is 6.95. The van der Waals surface area contributed by atoms with Crippen LogP contribution in [-0.4, -0.2) is 56.6 Å². The summed E-state index contributed by atoms with van der Waals surface area (Å²) in [5.74, 6) is 0.961. The van der Waals surface area contributed by atoms with E-state index in [0.29, 0.717) is 28.8 Å². The Kier molecular flexibility index (Phi) is 8.95. The molecule has 1 aliphatic rings. The summed E-state index contributed by atoms with van der Waals surface area (Å²) < 4.78 is 10.7. The van der Waals surface area contributed by atoms with Crippen molar-refractivity contribution in [1.82, 2.24) is 10.2 Å². The van der Waals surface area contributed by atoms with E-state index in [2.05, 4.69) is 10.6 Å². The first-order chi connectivity index (χ1) is 14.1. The molecular weight excluding hydrogens is 406 g/mol. The van der Waals surface area contributed by atoms with Crippen LogP contribution in [0.3, 0.4) is 0 Å². The first-order valence-corrected chi connectivity index (χ1v) is 9.72. The maximum atomic E-state index is 12.6. The number of likely N-dealkylation sites (tertiary alicyclic amines) is 1. The average molecular weight is 434 g/mol. The number of hydrogen-bond donors (Lipinski definition) is 2. The third-order valence-corrected chi connectivity index (χ3v) is 5.02. The van der Waals surface area contributed by atoms with Gasteiger partial charge in [0.2, 0.25) is 0 Å². The van der Waals surface area contributed by atoms with E-state index in [0.717, 1.165) is 25.9 Å². The van der Waals surface area contributed by atoms with Gasteiger partial charge in [0.05, 0.1) is 7.11 Å². The summed E-state index contributed by atoms with van der Waals surface area (Å²) in [6.07, 6.45) is 1.93. The van der Waals surface area contributed by atoms with Crippen molar-refractivity contribution in [3.8, 4) is 11.5 Å². The number of ether oxygens (including phenoxy) is 2. The second kappa shape index (κ2) is 11.4. The summed E-state index contributed by atoms with van der Waals surface area (Å²) in [7, 11) is 3.53. The molecule has 7 nitrogen and oxygen atoms in total. The number of amides is 2. The van der Waals surface area contributed by atoms with Gasteiger partial charge in [-0.05, 0) is 56.3 Å². The maximum Gasteiger partial charge on any atom is 0.262 e. The highest BCUT2D eigenvalue weighted by Crippen LogP contribution is 2.18. The third kappa shape index (κ3) is 6.37. The number of piperidine rings is 1. The molecule has 0 unspecified atom stereocenters. The number of halogens is 1. The Morgan fingerprint density at radius 3 is 2.40 bits per heavy atom. The molecule has 8 heteroatoms. The van der Waals surface area contributed by atoms with E-state index in [-0.39, 0.29) is 30.8 Å². The van der Waals surface area contributed by atoms with Crippen molar-refractivity contribution < 1.29 is 19.1 Å². The van der Waals surface area contributed by atoms with Gasteiger partial charge >= 0.3 is 0 Å². The molecule has 162 valence electrons. The van der Waals surface area contributed by atoms with E-state index in [9.17, 15) is 9.59 Å². The zero-order valence-corrected chi connectivity index (χ0v) is 18.0. The van der Waals surface area contributed by atoms with Crippen LogP contribution in [0.5, 0.6) is 11.5 Å². The highest BCUT2D eigenvalue weighted by molar-refractivity contribution is 5.94. The maximum absolute atomic E-state index is 12.6. The number of hydrogen-bond acceptors (Lipinski definition) is 5. The van der Waals surface area contributed by atoms with Gasteiger partial charge in [0, 0.05) is 36.4 Å². The van der Waals surface area contributed by atoms with Gasteiger partial charge in [-0.1, -0.05) is 6.07 Å². The summed E-state index contributed by atoms with van der Waals surface area (Å²) >= 11 is 0. The molecule has 0 aromatic heterocycles. The Hall–Kier alpha value is -2.77. The Balaban J connectivity index is 0.00000320. The molecule has 2 amide bonds. The first kappa shape index (κ1) is 23.5. The fourth-order valence-electron chi connectivity index (χ4n) is 3.29. The van der Waals surface area contributed by atoms with Gasteiger partial charge < -0.3 is 25.0 Å². The fraction of sp³-hybridized carbons (Fsp3) is 0.364. The van der Waals surface area contributed by atoms with Gasteiger partial charge in [0.1, 0.15) is 11.5 Å². The van der Waals surface area contributed by atoms with Crippen LogP contribution in [0, 0.1) is 0 Å². The fourth-order valence-corrected chi connectivity index (χ4v) is 3.29. The standard InChI is InChI=1S/C22H27N3O4.ClH/c1-23-17-10-12-25(13-11-17)22(27)16-6-8-19(9-7-16)29-15-21(26)24-18-4-3-5-20(14-18)28-2;/h3-9,14,17,23H,10-13,15H2,1-2H3,(H,24,26);1H. The molecule has 30 heavy (non-hydrogen) atoms. The first-order valence-electron chi connectivity index (χ1n) is 9.72. The summed E-state index contributed by atoms with van der Waals surface area (Å²) in [6.45, 7) is 1.39. The lowest BCUT2D eigenvalue weighted by Crippen LogP contribution is -2.43. The number of benzene rings is 2. The van der Waals surface area contributed by atoms with Gasteiger partial charge in [-0.2, -0.15) is 0 Å². The number of rotatable bonds is 7. The van der Waals surface area contributed by atoms with Crippen LogP contribution >= 0.6 is 12.4 Å². The Morgan fingerprint density at radius 2 is 1.77 bits per heavy atom. The van der Waals surface area contributed by atoms with Crippen LogP contribution < -0.4 is 20.1 Å². The molecule has 1 aliphatic heterocycles. The van der Waals surface area contributed by atoms with Crippen LogP contribution in [0.4, 0.5) is 5.69 Å². The van der Waals surface area contributed by atoms with E-state index in [1.165, 1.54) is 0 Å². The minimum atomic E-state index is -0.272. The van der Waals surface area contributed by atoms with Crippen LogP contribution in [0.25, 0.3) is 0 Å². The molecule has 0 bridgehead atoms. The van der Waals surface area contributed by atoms with Crippen LogP contribution in [0.2, 0.25) is 0 Å². The molecule has 0 atom stereocenters. The zero-order chi connectivity index (χ0) is 20.6. The average Bonchev–Trinajstić information content (AvgIpc) is 2.77. The van der Waals surface area contributed by atoms with E-state index in [1.54, 1.807) is 55.6 Å². The Morgan fingerprint density at radius 1 is 1.07 bits per heavy atom. The summed E-state index contributed by atoms with van der Waals surface area (Å²) in [5.41, 5.74) is 1.27. The van der Waals surface area contributed by atoms with Gasteiger partial charge in [0.15, 0.2) is 6.61 Å². The Bertz CT molecular complexity index is 837. The normalized spacial score (nSPS) is 13.9. The summed E-state index contributed by atoms with van der Waals surface area (Å²) in [4.78, 5) is 26.6. The lowest BCUT2D eigenvalue weighted by atomic mass is 10.0. The quantitative estimate of drug-likeness (QED) is 0.701. The topological polar surface area (TPSA) is 79.9 Å². The van der Waals surface area contributed by atoms with Gasteiger partial charge in [-0.15, -0.1) is 12.4 Å². The number of carbonyl (C=O) groups excluding carboxylic acids is 2. The number of carbonyl (C=O) groups is 2.